The van der Waals surface area contributed by atoms with Crippen molar-refractivity contribution in [3.63, 3.8) is 0 Å². The minimum Gasteiger partial charge on any atom is -0.291 e. The summed E-state index contributed by atoms with van der Waals surface area (Å²) in [5.41, 5.74) is 0.985. The number of halogens is 1. The lowest BCUT2D eigenvalue weighted by molar-refractivity contribution is 0.0972. The van der Waals surface area contributed by atoms with E-state index in [0.29, 0.717) is 0 Å². The van der Waals surface area contributed by atoms with Crippen LogP contribution in [0, 0.1) is 0 Å². The van der Waals surface area contributed by atoms with Crippen LogP contribution in [-0.4, -0.2) is 15.6 Å². The summed E-state index contributed by atoms with van der Waals surface area (Å²) < 4.78 is 2.60. The van der Waals surface area contributed by atoms with E-state index in [0.717, 1.165) is 20.3 Å². The van der Waals surface area contributed by atoms with Gasteiger partial charge in [0.05, 0.1) is 16.6 Å². The summed E-state index contributed by atoms with van der Waals surface area (Å²) >= 11 is 4.83. The number of para-hydroxylation sites is 1. The van der Waals surface area contributed by atoms with Crippen LogP contribution in [0.3, 0.4) is 0 Å². The number of carbonyl (C=O) groups excluding carboxylic acids is 1. The Balaban J connectivity index is 1.93. The van der Waals surface area contributed by atoms with Crippen LogP contribution >= 0.6 is 27.3 Å². The number of Topliss-reactive ketones (excluding diaryl/α,β-unsaturated/α-hetero) is 1. The van der Waals surface area contributed by atoms with Crippen LogP contribution < -0.4 is 0 Å². The highest BCUT2D eigenvalue weighted by Crippen LogP contribution is 2.24. The Morgan fingerprint density at radius 1 is 1.33 bits per heavy atom. The summed E-state index contributed by atoms with van der Waals surface area (Å²) in [7, 11) is 0. The standard InChI is InChI=1S/C13H9BrN2OS/c14-10-5-6-18-13(10)12(17)8-16-11-4-2-1-3-9(11)7-15-16/h1-7H,8H2. The summed E-state index contributed by atoms with van der Waals surface area (Å²) in [5.74, 6) is 0.0747. The zero-order valence-corrected chi connectivity index (χ0v) is 11.7. The highest BCUT2D eigenvalue weighted by molar-refractivity contribution is 9.10. The van der Waals surface area contributed by atoms with Crippen LogP contribution in [0.4, 0.5) is 0 Å². The maximum absolute atomic E-state index is 12.2. The van der Waals surface area contributed by atoms with Crippen LogP contribution in [0.15, 0.2) is 46.4 Å². The second kappa shape index (κ2) is 4.66. The first-order chi connectivity index (χ1) is 8.75. The van der Waals surface area contributed by atoms with Crippen molar-refractivity contribution >= 4 is 44.0 Å². The van der Waals surface area contributed by atoms with Gasteiger partial charge in [-0.25, -0.2) is 0 Å². The van der Waals surface area contributed by atoms with Gasteiger partial charge in [0.25, 0.3) is 0 Å². The first kappa shape index (κ1) is 11.6. The van der Waals surface area contributed by atoms with E-state index in [1.54, 1.807) is 10.9 Å². The van der Waals surface area contributed by atoms with Crippen molar-refractivity contribution in [2.45, 2.75) is 6.54 Å². The first-order valence-electron chi connectivity index (χ1n) is 5.42. The molecular weight excluding hydrogens is 312 g/mol. The van der Waals surface area contributed by atoms with Gasteiger partial charge in [0.15, 0.2) is 5.78 Å². The summed E-state index contributed by atoms with van der Waals surface area (Å²) in [6, 6.07) is 9.76. The molecule has 0 unspecified atom stereocenters. The van der Waals surface area contributed by atoms with Crippen LogP contribution in [0.2, 0.25) is 0 Å². The molecule has 18 heavy (non-hydrogen) atoms. The van der Waals surface area contributed by atoms with Crippen LogP contribution in [0.25, 0.3) is 10.9 Å². The van der Waals surface area contributed by atoms with Gasteiger partial charge in [-0.3, -0.25) is 9.48 Å². The number of benzene rings is 1. The molecule has 0 atom stereocenters. The highest BCUT2D eigenvalue weighted by Gasteiger charge is 2.13. The van der Waals surface area contributed by atoms with Gasteiger partial charge in [0.1, 0.15) is 6.54 Å². The van der Waals surface area contributed by atoms with Gasteiger partial charge < -0.3 is 0 Å². The van der Waals surface area contributed by atoms with E-state index < -0.39 is 0 Å². The normalized spacial score (nSPS) is 10.9. The van der Waals surface area contributed by atoms with E-state index in [-0.39, 0.29) is 12.3 Å². The molecule has 2 heterocycles. The lowest BCUT2D eigenvalue weighted by atomic mass is 10.2. The summed E-state index contributed by atoms with van der Waals surface area (Å²) in [5, 5.41) is 7.21. The van der Waals surface area contributed by atoms with E-state index >= 15 is 0 Å². The molecule has 3 rings (SSSR count). The molecule has 1 aromatic carbocycles. The molecule has 0 amide bonds. The molecule has 0 bridgehead atoms. The molecule has 0 radical (unpaired) electrons. The van der Waals surface area contributed by atoms with Gasteiger partial charge in [0, 0.05) is 9.86 Å². The zero-order chi connectivity index (χ0) is 12.5. The molecule has 0 fully saturated rings. The van der Waals surface area contributed by atoms with Gasteiger partial charge in [0.2, 0.25) is 0 Å². The monoisotopic (exact) mass is 320 g/mol. The predicted octanol–water partition coefficient (Wildman–Crippen LogP) is 3.74. The molecule has 0 N–H and O–H groups in total. The van der Waals surface area contributed by atoms with Gasteiger partial charge in [-0.15, -0.1) is 11.3 Å². The number of aromatic nitrogens is 2. The minimum atomic E-state index is 0.0747. The van der Waals surface area contributed by atoms with Crippen molar-refractivity contribution in [1.29, 1.82) is 0 Å². The quantitative estimate of drug-likeness (QED) is 0.689. The maximum Gasteiger partial charge on any atom is 0.195 e. The molecule has 0 spiro atoms. The van der Waals surface area contributed by atoms with Crippen molar-refractivity contribution in [2.75, 3.05) is 0 Å². The SMILES string of the molecule is O=C(Cn1ncc2ccccc21)c1sccc1Br. The van der Waals surface area contributed by atoms with E-state index in [2.05, 4.69) is 21.0 Å². The fraction of sp³-hybridized carbons (Fsp3) is 0.0769. The van der Waals surface area contributed by atoms with E-state index in [1.165, 1.54) is 11.3 Å². The first-order valence-corrected chi connectivity index (χ1v) is 7.10. The Hall–Kier alpha value is -1.46. The molecule has 0 aliphatic rings. The fourth-order valence-corrected chi connectivity index (χ4v) is 3.38. The van der Waals surface area contributed by atoms with Gasteiger partial charge in [-0.05, 0) is 33.4 Å². The molecule has 0 saturated carbocycles. The summed E-state index contributed by atoms with van der Waals surface area (Å²) in [6.45, 7) is 0.270. The Morgan fingerprint density at radius 3 is 2.94 bits per heavy atom. The van der Waals surface area contributed by atoms with Crippen molar-refractivity contribution in [3.8, 4) is 0 Å². The summed E-state index contributed by atoms with van der Waals surface area (Å²) in [6.07, 6.45) is 1.78. The largest absolute Gasteiger partial charge is 0.291 e. The predicted molar refractivity (Wildman–Crippen MR) is 76.1 cm³/mol. The van der Waals surface area contributed by atoms with E-state index in [1.807, 2.05) is 35.7 Å². The van der Waals surface area contributed by atoms with Crippen LogP contribution in [-0.2, 0) is 6.54 Å². The van der Waals surface area contributed by atoms with Gasteiger partial charge in [-0.1, -0.05) is 18.2 Å². The van der Waals surface area contributed by atoms with Crippen molar-refractivity contribution in [1.82, 2.24) is 9.78 Å². The molecule has 2 aromatic heterocycles. The number of hydrogen-bond donors (Lipinski definition) is 0. The number of hydrogen-bond acceptors (Lipinski definition) is 3. The smallest absolute Gasteiger partial charge is 0.195 e. The highest BCUT2D eigenvalue weighted by atomic mass is 79.9. The lowest BCUT2D eigenvalue weighted by Crippen LogP contribution is -2.10. The number of carbonyl (C=O) groups is 1. The Bertz CT molecular complexity index is 716. The Kier molecular flexibility index (Phi) is 3.01. The lowest BCUT2D eigenvalue weighted by Gasteiger charge is -2.02. The van der Waals surface area contributed by atoms with E-state index in [9.17, 15) is 4.79 Å². The third-order valence-corrected chi connectivity index (χ3v) is 4.59. The maximum atomic E-state index is 12.2. The zero-order valence-electron chi connectivity index (χ0n) is 9.34. The van der Waals surface area contributed by atoms with Crippen LogP contribution in [0.5, 0.6) is 0 Å². The second-order valence-electron chi connectivity index (χ2n) is 3.88. The second-order valence-corrected chi connectivity index (χ2v) is 5.65. The van der Waals surface area contributed by atoms with Crippen molar-refractivity contribution in [3.05, 3.63) is 51.3 Å². The molecule has 90 valence electrons. The molecule has 0 saturated heterocycles. The topological polar surface area (TPSA) is 34.9 Å². The fourth-order valence-electron chi connectivity index (χ4n) is 1.85. The molecular formula is C13H9BrN2OS. The number of rotatable bonds is 3. The average molecular weight is 321 g/mol. The third kappa shape index (κ3) is 2.00. The van der Waals surface area contributed by atoms with Gasteiger partial charge in [-0.2, -0.15) is 5.10 Å². The Morgan fingerprint density at radius 2 is 2.17 bits per heavy atom. The average Bonchev–Trinajstić information content (AvgIpc) is 2.97. The van der Waals surface area contributed by atoms with Crippen molar-refractivity contribution in [2.24, 2.45) is 0 Å². The molecule has 0 aliphatic heterocycles. The van der Waals surface area contributed by atoms with Crippen molar-refractivity contribution < 1.29 is 4.79 Å². The molecule has 0 aliphatic carbocycles. The molecule has 3 aromatic rings. The number of thiophene rings is 1. The third-order valence-electron chi connectivity index (χ3n) is 2.71. The van der Waals surface area contributed by atoms with Gasteiger partial charge >= 0.3 is 0 Å². The minimum absolute atomic E-state index is 0.0747. The number of nitrogens with zero attached hydrogens (tertiary/aromatic N) is 2. The summed E-state index contributed by atoms with van der Waals surface area (Å²) in [4.78, 5) is 12.9. The molecule has 3 nitrogen and oxygen atoms in total. The molecule has 5 heteroatoms. The Labute approximate surface area is 116 Å². The number of fused-ring (bicyclic) bond motifs is 1. The number of ketones is 1. The van der Waals surface area contributed by atoms with E-state index in [4.69, 9.17) is 0 Å². The van der Waals surface area contributed by atoms with Crippen LogP contribution in [0.1, 0.15) is 9.67 Å².